The third-order valence-corrected chi connectivity index (χ3v) is 3.09. The highest BCUT2D eigenvalue weighted by atomic mass is 14.8. The Bertz CT molecular complexity index is 582. The standard InChI is InChI=1S/C14H17N3/c1-9(6-15)12-8-17-13-11(12)5-10(7-16-13)14(2,3)4/h5,7-9H,1-4H3,(H,16,17). The van der Waals surface area contributed by atoms with Gasteiger partial charge in [0.2, 0.25) is 0 Å². The maximum absolute atomic E-state index is 9.01. The van der Waals surface area contributed by atoms with Crippen LogP contribution < -0.4 is 0 Å². The lowest BCUT2D eigenvalue weighted by atomic mass is 9.87. The largest absolute Gasteiger partial charge is 0.346 e. The molecule has 2 rings (SSSR count). The Morgan fingerprint density at radius 2 is 2.12 bits per heavy atom. The van der Waals surface area contributed by atoms with E-state index in [0.29, 0.717) is 0 Å². The van der Waals surface area contributed by atoms with Crippen LogP contribution in [0.2, 0.25) is 0 Å². The van der Waals surface area contributed by atoms with Crippen LogP contribution in [0.15, 0.2) is 18.5 Å². The maximum atomic E-state index is 9.01. The van der Waals surface area contributed by atoms with E-state index in [1.54, 1.807) is 0 Å². The molecule has 0 bridgehead atoms. The second kappa shape index (κ2) is 3.89. The molecule has 0 saturated heterocycles. The zero-order valence-corrected chi connectivity index (χ0v) is 10.7. The number of fused-ring (bicyclic) bond motifs is 1. The summed E-state index contributed by atoms with van der Waals surface area (Å²) in [7, 11) is 0. The molecule has 88 valence electrons. The first kappa shape index (κ1) is 11.7. The van der Waals surface area contributed by atoms with Crippen LogP contribution in [0.4, 0.5) is 0 Å². The van der Waals surface area contributed by atoms with E-state index in [-0.39, 0.29) is 11.3 Å². The van der Waals surface area contributed by atoms with Crippen molar-refractivity contribution in [3.8, 4) is 6.07 Å². The summed E-state index contributed by atoms with van der Waals surface area (Å²) in [6, 6.07) is 4.41. The lowest BCUT2D eigenvalue weighted by Crippen LogP contribution is -2.11. The van der Waals surface area contributed by atoms with Crippen LogP contribution in [0.3, 0.4) is 0 Å². The number of pyridine rings is 1. The zero-order valence-electron chi connectivity index (χ0n) is 10.7. The summed E-state index contributed by atoms with van der Waals surface area (Å²) in [6.07, 6.45) is 3.79. The van der Waals surface area contributed by atoms with Crippen molar-refractivity contribution >= 4 is 11.0 Å². The highest BCUT2D eigenvalue weighted by molar-refractivity contribution is 5.81. The van der Waals surface area contributed by atoms with E-state index in [1.165, 1.54) is 5.56 Å². The van der Waals surface area contributed by atoms with Crippen LogP contribution in [0.25, 0.3) is 11.0 Å². The molecule has 0 amide bonds. The third-order valence-electron chi connectivity index (χ3n) is 3.09. The highest BCUT2D eigenvalue weighted by Crippen LogP contribution is 2.29. The normalized spacial score (nSPS) is 13.6. The minimum Gasteiger partial charge on any atom is -0.346 e. The molecule has 0 aliphatic carbocycles. The van der Waals surface area contributed by atoms with Gasteiger partial charge in [-0.25, -0.2) is 4.98 Å². The van der Waals surface area contributed by atoms with Crippen molar-refractivity contribution < 1.29 is 0 Å². The van der Waals surface area contributed by atoms with Crippen LogP contribution in [0.5, 0.6) is 0 Å². The van der Waals surface area contributed by atoms with E-state index in [2.05, 4.69) is 42.9 Å². The fraction of sp³-hybridized carbons (Fsp3) is 0.429. The molecule has 2 heterocycles. The predicted octanol–water partition coefficient (Wildman–Crippen LogP) is 3.49. The molecule has 1 N–H and O–H groups in total. The van der Waals surface area contributed by atoms with Crippen molar-refractivity contribution in [2.24, 2.45) is 0 Å². The van der Waals surface area contributed by atoms with Crippen LogP contribution in [0, 0.1) is 11.3 Å². The van der Waals surface area contributed by atoms with Gasteiger partial charge in [0.15, 0.2) is 0 Å². The second-order valence-corrected chi connectivity index (χ2v) is 5.46. The Labute approximate surface area is 101 Å². The Morgan fingerprint density at radius 1 is 1.41 bits per heavy atom. The number of rotatable bonds is 1. The summed E-state index contributed by atoms with van der Waals surface area (Å²) >= 11 is 0. The smallest absolute Gasteiger partial charge is 0.137 e. The monoisotopic (exact) mass is 227 g/mol. The van der Waals surface area contributed by atoms with Gasteiger partial charge in [-0.3, -0.25) is 0 Å². The van der Waals surface area contributed by atoms with Crippen molar-refractivity contribution in [3.05, 3.63) is 29.6 Å². The molecule has 0 fully saturated rings. The lowest BCUT2D eigenvalue weighted by Gasteiger charge is -2.18. The Balaban J connectivity index is 2.63. The molecule has 0 aromatic carbocycles. The predicted molar refractivity (Wildman–Crippen MR) is 68.8 cm³/mol. The molecule has 1 unspecified atom stereocenters. The van der Waals surface area contributed by atoms with Crippen LogP contribution in [-0.2, 0) is 5.41 Å². The second-order valence-electron chi connectivity index (χ2n) is 5.46. The number of hydrogen-bond donors (Lipinski definition) is 1. The SMILES string of the molecule is CC(C#N)c1c[nH]c2ncc(C(C)(C)C)cc12. The van der Waals surface area contributed by atoms with Crippen molar-refractivity contribution in [1.82, 2.24) is 9.97 Å². The molecule has 0 radical (unpaired) electrons. The number of aromatic amines is 1. The quantitative estimate of drug-likeness (QED) is 0.810. The van der Waals surface area contributed by atoms with Gasteiger partial charge in [0.05, 0.1) is 12.0 Å². The molecule has 0 aliphatic rings. The minimum atomic E-state index is -0.110. The summed E-state index contributed by atoms with van der Waals surface area (Å²) in [5.41, 5.74) is 3.15. The molecule has 2 aromatic heterocycles. The molecule has 1 atom stereocenters. The fourth-order valence-corrected chi connectivity index (χ4v) is 1.86. The summed E-state index contributed by atoms with van der Waals surface area (Å²) in [6.45, 7) is 8.40. The average molecular weight is 227 g/mol. The third kappa shape index (κ3) is 2.03. The number of nitrogens with one attached hydrogen (secondary N) is 1. The van der Waals surface area contributed by atoms with Crippen molar-refractivity contribution in [1.29, 1.82) is 5.26 Å². The van der Waals surface area contributed by atoms with Crippen molar-refractivity contribution in [3.63, 3.8) is 0 Å². The lowest BCUT2D eigenvalue weighted by molar-refractivity contribution is 0.588. The van der Waals surface area contributed by atoms with Gasteiger partial charge < -0.3 is 4.98 Å². The summed E-state index contributed by atoms with van der Waals surface area (Å²) in [5.74, 6) is -0.110. The number of H-pyrrole nitrogens is 1. The maximum Gasteiger partial charge on any atom is 0.137 e. The van der Waals surface area contributed by atoms with E-state index in [1.807, 2.05) is 19.3 Å². The molecule has 0 spiro atoms. The van der Waals surface area contributed by atoms with Gasteiger partial charge in [-0.05, 0) is 29.5 Å². The number of nitrogens with zero attached hydrogens (tertiary/aromatic N) is 2. The van der Waals surface area contributed by atoms with E-state index in [0.717, 1.165) is 16.6 Å². The molecular weight excluding hydrogens is 210 g/mol. The Morgan fingerprint density at radius 3 is 2.71 bits per heavy atom. The van der Waals surface area contributed by atoms with Gasteiger partial charge in [-0.2, -0.15) is 5.26 Å². The van der Waals surface area contributed by atoms with Crippen LogP contribution in [0.1, 0.15) is 44.7 Å². The van der Waals surface area contributed by atoms with Crippen molar-refractivity contribution in [2.45, 2.75) is 39.0 Å². The van der Waals surface area contributed by atoms with E-state index in [4.69, 9.17) is 5.26 Å². The molecule has 2 aromatic rings. The summed E-state index contributed by atoms with van der Waals surface area (Å²) in [4.78, 5) is 7.54. The topological polar surface area (TPSA) is 52.5 Å². The molecule has 17 heavy (non-hydrogen) atoms. The van der Waals surface area contributed by atoms with Crippen molar-refractivity contribution in [2.75, 3.05) is 0 Å². The molecule has 3 heteroatoms. The molecular formula is C14H17N3. The average Bonchev–Trinajstić information content (AvgIpc) is 2.69. The zero-order chi connectivity index (χ0) is 12.6. The van der Waals surface area contributed by atoms with Crippen LogP contribution in [-0.4, -0.2) is 9.97 Å². The summed E-state index contributed by atoms with van der Waals surface area (Å²) in [5, 5.41) is 10.1. The molecule has 3 nitrogen and oxygen atoms in total. The van der Waals surface area contributed by atoms with E-state index in [9.17, 15) is 0 Å². The number of hydrogen-bond acceptors (Lipinski definition) is 2. The van der Waals surface area contributed by atoms with Gasteiger partial charge in [-0.15, -0.1) is 0 Å². The first-order valence-corrected chi connectivity index (χ1v) is 5.80. The van der Waals surface area contributed by atoms with Gasteiger partial charge in [-0.1, -0.05) is 20.8 Å². The Kier molecular flexibility index (Phi) is 2.66. The Hall–Kier alpha value is -1.82. The minimum absolute atomic E-state index is 0.0750. The van der Waals surface area contributed by atoms with E-state index >= 15 is 0 Å². The summed E-state index contributed by atoms with van der Waals surface area (Å²) < 4.78 is 0. The van der Waals surface area contributed by atoms with Gasteiger partial charge in [0, 0.05) is 17.8 Å². The van der Waals surface area contributed by atoms with Gasteiger partial charge in [0.1, 0.15) is 5.65 Å². The molecule has 0 aliphatic heterocycles. The first-order valence-electron chi connectivity index (χ1n) is 5.80. The number of aromatic nitrogens is 2. The van der Waals surface area contributed by atoms with Crippen LogP contribution >= 0.6 is 0 Å². The fourth-order valence-electron chi connectivity index (χ4n) is 1.86. The number of nitriles is 1. The van der Waals surface area contributed by atoms with E-state index < -0.39 is 0 Å². The van der Waals surface area contributed by atoms with Gasteiger partial charge >= 0.3 is 0 Å². The van der Waals surface area contributed by atoms with Gasteiger partial charge in [0.25, 0.3) is 0 Å². The highest BCUT2D eigenvalue weighted by Gasteiger charge is 2.17. The molecule has 0 saturated carbocycles. The first-order chi connectivity index (χ1) is 7.93.